The van der Waals surface area contributed by atoms with Crippen molar-refractivity contribution < 1.29 is 4.39 Å². The molecule has 0 aliphatic rings. The summed E-state index contributed by atoms with van der Waals surface area (Å²) in [5.41, 5.74) is 1.47. The van der Waals surface area contributed by atoms with Crippen molar-refractivity contribution in [2.75, 3.05) is 0 Å². The highest BCUT2D eigenvalue weighted by Gasteiger charge is 2.09. The van der Waals surface area contributed by atoms with Gasteiger partial charge in [0, 0.05) is 11.6 Å². The summed E-state index contributed by atoms with van der Waals surface area (Å²) in [6.07, 6.45) is 1.68. The summed E-state index contributed by atoms with van der Waals surface area (Å²) in [4.78, 5) is 4.10. The summed E-state index contributed by atoms with van der Waals surface area (Å²) in [7, 11) is 0. The SMILES string of the molecule is CC(C)c1ccc2ncccc2c1F. The second kappa shape index (κ2) is 3.37. The summed E-state index contributed by atoms with van der Waals surface area (Å²) in [6, 6.07) is 7.21. The van der Waals surface area contributed by atoms with Gasteiger partial charge in [0.15, 0.2) is 0 Å². The van der Waals surface area contributed by atoms with Gasteiger partial charge in [-0.15, -0.1) is 0 Å². The van der Waals surface area contributed by atoms with E-state index in [1.54, 1.807) is 18.3 Å². The molecule has 1 aromatic heterocycles. The molecule has 0 bridgehead atoms. The Morgan fingerprint density at radius 3 is 2.71 bits per heavy atom. The molecule has 0 saturated heterocycles. The van der Waals surface area contributed by atoms with Crippen LogP contribution in [0.25, 0.3) is 10.9 Å². The van der Waals surface area contributed by atoms with Gasteiger partial charge < -0.3 is 0 Å². The van der Waals surface area contributed by atoms with Crippen LogP contribution in [0, 0.1) is 5.82 Å². The van der Waals surface area contributed by atoms with Crippen LogP contribution in [0.1, 0.15) is 25.3 Å². The molecule has 0 amide bonds. The van der Waals surface area contributed by atoms with Crippen LogP contribution in [0.2, 0.25) is 0 Å². The van der Waals surface area contributed by atoms with E-state index in [2.05, 4.69) is 4.98 Å². The fourth-order valence-corrected chi connectivity index (χ4v) is 1.58. The highest BCUT2D eigenvalue weighted by atomic mass is 19.1. The predicted molar refractivity (Wildman–Crippen MR) is 55.8 cm³/mol. The van der Waals surface area contributed by atoms with Gasteiger partial charge in [-0.3, -0.25) is 4.98 Å². The van der Waals surface area contributed by atoms with Gasteiger partial charge in [-0.05, 0) is 29.7 Å². The summed E-state index contributed by atoms with van der Waals surface area (Å²) in [5, 5.41) is 0.610. The van der Waals surface area contributed by atoms with Crippen LogP contribution in [0.5, 0.6) is 0 Å². The minimum Gasteiger partial charge on any atom is -0.256 e. The molecule has 72 valence electrons. The second-order valence-corrected chi connectivity index (χ2v) is 3.69. The Kier molecular flexibility index (Phi) is 2.20. The van der Waals surface area contributed by atoms with Gasteiger partial charge in [-0.2, -0.15) is 0 Å². The van der Waals surface area contributed by atoms with Crippen LogP contribution in [0.4, 0.5) is 4.39 Å². The quantitative estimate of drug-likeness (QED) is 0.669. The van der Waals surface area contributed by atoms with Gasteiger partial charge in [-0.1, -0.05) is 19.9 Å². The van der Waals surface area contributed by atoms with Crippen LogP contribution in [0.3, 0.4) is 0 Å². The van der Waals surface area contributed by atoms with Gasteiger partial charge in [-0.25, -0.2) is 4.39 Å². The molecule has 0 saturated carbocycles. The third kappa shape index (κ3) is 1.37. The zero-order chi connectivity index (χ0) is 10.1. The average Bonchev–Trinajstić information content (AvgIpc) is 2.18. The van der Waals surface area contributed by atoms with E-state index >= 15 is 0 Å². The topological polar surface area (TPSA) is 12.9 Å². The Labute approximate surface area is 82.6 Å². The average molecular weight is 189 g/mol. The molecule has 1 nitrogen and oxygen atoms in total. The molecule has 0 radical (unpaired) electrons. The third-order valence-corrected chi connectivity index (χ3v) is 2.37. The molecule has 2 aromatic rings. The Balaban J connectivity index is 2.75. The first-order valence-electron chi connectivity index (χ1n) is 4.73. The van der Waals surface area contributed by atoms with Crippen molar-refractivity contribution >= 4 is 10.9 Å². The lowest BCUT2D eigenvalue weighted by Crippen LogP contribution is -1.94. The molecule has 1 heterocycles. The fourth-order valence-electron chi connectivity index (χ4n) is 1.58. The Morgan fingerprint density at radius 2 is 2.00 bits per heavy atom. The van der Waals surface area contributed by atoms with E-state index in [1.165, 1.54) is 0 Å². The van der Waals surface area contributed by atoms with Crippen LogP contribution < -0.4 is 0 Å². The predicted octanol–water partition coefficient (Wildman–Crippen LogP) is 3.50. The van der Waals surface area contributed by atoms with Gasteiger partial charge in [0.05, 0.1) is 5.52 Å². The van der Waals surface area contributed by atoms with Crippen molar-refractivity contribution in [1.29, 1.82) is 0 Å². The van der Waals surface area contributed by atoms with Gasteiger partial charge in [0.2, 0.25) is 0 Å². The monoisotopic (exact) mass is 189 g/mol. The molecule has 0 atom stereocenters. The standard InChI is InChI=1S/C12H12FN/c1-8(2)9-5-6-11-10(12(9)13)4-3-7-14-11/h3-8H,1-2H3. The molecular formula is C12H12FN. The van der Waals surface area contributed by atoms with Crippen LogP contribution in [-0.4, -0.2) is 4.98 Å². The zero-order valence-corrected chi connectivity index (χ0v) is 8.29. The second-order valence-electron chi connectivity index (χ2n) is 3.69. The van der Waals surface area contributed by atoms with Crippen molar-refractivity contribution in [1.82, 2.24) is 4.98 Å². The van der Waals surface area contributed by atoms with Crippen molar-refractivity contribution in [2.45, 2.75) is 19.8 Å². The Hall–Kier alpha value is -1.44. The maximum atomic E-state index is 13.9. The first-order valence-corrected chi connectivity index (χ1v) is 4.73. The van der Waals surface area contributed by atoms with E-state index in [4.69, 9.17) is 0 Å². The molecule has 0 N–H and O–H groups in total. The molecule has 0 aliphatic carbocycles. The molecular weight excluding hydrogens is 177 g/mol. The van der Waals surface area contributed by atoms with Crippen molar-refractivity contribution in [3.8, 4) is 0 Å². The zero-order valence-electron chi connectivity index (χ0n) is 8.29. The van der Waals surface area contributed by atoms with Crippen LogP contribution in [0.15, 0.2) is 30.5 Å². The number of benzene rings is 1. The number of aromatic nitrogens is 1. The van der Waals surface area contributed by atoms with Crippen molar-refractivity contribution in [3.05, 3.63) is 41.8 Å². The van der Waals surface area contributed by atoms with E-state index in [1.807, 2.05) is 26.0 Å². The number of pyridine rings is 1. The van der Waals surface area contributed by atoms with Crippen LogP contribution in [-0.2, 0) is 0 Å². The third-order valence-electron chi connectivity index (χ3n) is 2.37. The molecule has 0 unspecified atom stereocenters. The van der Waals surface area contributed by atoms with Gasteiger partial charge in [0.1, 0.15) is 5.82 Å². The molecule has 0 spiro atoms. The molecule has 0 aliphatic heterocycles. The molecule has 14 heavy (non-hydrogen) atoms. The normalized spacial score (nSPS) is 11.1. The number of fused-ring (bicyclic) bond motifs is 1. The number of hydrogen-bond donors (Lipinski definition) is 0. The fraction of sp³-hybridized carbons (Fsp3) is 0.250. The lowest BCUT2D eigenvalue weighted by atomic mass is 10.0. The van der Waals surface area contributed by atoms with E-state index in [9.17, 15) is 4.39 Å². The summed E-state index contributed by atoms with van der Waals surface area (Å²) >= 11 is 0. The van der Waals surface area contributed by atoms with E-state index in [0.717, 1.165) is 11.1 Å². The highest BCUT2D eigenvalue weighted by molar-refractivity contribution is 5.79. The number of halogens is 1. The first-order chi connectivity index (χ1) is 6.70. The summed E-state index contributed by atoms with van der Waals surface area (Å²) < 4.78 is 13.9. The molecule has 2 rings (SSSR count). The van der Waals surface area contributed by atoms with E-state index < -0.39 is 0 Å². The van der Waals surface area contributed by atoms with Crippen molar-refractivity contribution in [3.63, 3.8) is 0 Å². The Bertz CT molecular complexity index is 463. The lowest BCUT2D eigenvalue weighted by molar-refractivity contribution is 0.609. The van der Waals surface area contributed by atoms with Gasteiger partial charge in [0.25, 0.3) is 0 Å². The minimum absolute atomic E-state index is 0.134. The van der Waals surface area contributed by atoms with Crippen molar-refractivity contribution in [2.24, 2.45) is 0 Å². The molecule has 0 fully saturated rings. The largest absolute Gasteiger partial charge is 0.256 e. The lowest BCUT2D eigenvalue weighted by Gasteiger charge is -2.08. The number of nitrogens with zero attached hydrogens (tertiary/aromatic N) is 1. The first kappa shape index (κ1) is 9.13. The van der Waals surface area contributed by atoms with E-state index in [0.29, 0.717) is 5.39 Å². The minimum atomic E-state index is -0.134. The number of rotatable bonds is 1. The van der Waals surface area contributed by atoms with E-state index in [-0.39, 0.29) is 11.7 Å². The van der Waals surface area contributed by atoms with Gasteiger partial charge >= 0.3 is 0 Å². The molecule has 1 aromatic carbocycles. The maximum Gasteiger partial charge on any atom is 0.136 e. The Morgan fingerprint density at radius 1 is 1.21 bits per heavy atom. The smallest absolute Gasteiger partial charge is 0.136 e. The molecule has 2 heteroatoms. The van der Waals surface area contributed by atoms with Crippen LogP contribution >= 0.6 is 0 Å². The maximum absolute atomic E-state index is 13.9. The number of hydrogen-bond acceptors (Lipinski definition) is 1. The highest BCUT2D eigenvalue weighted by Crippen LogP contribution is 2.24. The summed E-state index contributed by atoms with van der Waals surface area (Å²) in [5.74, 6) is 0.0743. The summed E-state index contributed by atoms with van der Waals surface area (Å²) in [6.45, 7) is 3.97.